The lowest BCUT2D eigenvalue weighted by Gasteiger charge is -2.35. The number of aliphatic hydroxyl groups excluding tert-OH is 1. The lowest BCUT2D eigenvalue weighted by molar-refractivity contribution is -0.0165. The van der Waals surface area contributed by atoms with Crippen LogP contribution in [0.1, 0.15) is 24.8 Å². The second kappa shape index (κ2) is 9.90. The highest BCUT2D eigenvalue weighted by Crippen LogP contribution is 2.35. The zero-order chi connectivity index (χ0) is 21.6. The second-order valence-corrected chi connectivity index (χ2v) is 7.70. The normalized spacial score (nSPS) is 20.9. The van der Waals surface area contributed by atoms with Crippen LogP contribution >= 0.6 is 0 Å². The van der Waals surface area contributed by atoms with E-state index in [4.69, 9.17) is 9.47 Å². The molecule has 3 aromatic carbocycles. The van der Waals surface area contributed by atoms with Crippen molar-refractivity contribution in [2.24, 2.45) is 0 Å². The molecular weight excluding hydrogens is 400 g/mol. The van der Waals surface area contributed by atoms with Gasteiger partial charge in [0.2, 0.25) is 0 Å². The summed E-state index contributed by atoms with van der Waals surface area (Å²) in [7, 11) is 0. The third kappa shape index (κ3) is 5.60. The standard InChI is InChI=1S/C25H25F2NO3/c26-18-8-4-9-20(14-18)30-24-15-19(27)12-13-22(24)31-23-11-5-10-21(25(23)29)28-16-17-6-2-1-3-7-17/h1-4,6-9,12-15,21,23,25,28-29H,5,10-11,16H2/t21-,23-,25-/m1/s1. The van der Waals surface area contributed by atoms with Crippen LogP contribution in [0.2, 0.25) is 0 Å². The van der Waals surface area contributed by atoms with E-state index in [1.165, 1.54) is 36.4 Å². The fraction of sp³-hybridized carbons (Fsp3) is 0.280. The molecule has 162 valence electrons. The van der Waals surface area contributed by atoms with E-state index in [1.54, 1.807) is 6.07 Å². The number of hydrogen-bond acceptors (Lipinski definition) is 4. The minimum atomic E-state index is -0.732. The highest BCUT2D eigenvalue weighted by atomic mass is 19.1. The van der Waals surface area contributed by atoms with Crippen molar-refractivity contribution in [3.05, 3.63) is 90.0 Å². The van der Waals surface area contributed by atoms with E-state index in [0.717, 1.165) is 18.4 Å². The van der Waals surface area contributed by atoms with Gasteiger partial charge in [-0.25, -0.2) is 8.78 Å². The second-order valence-electron chi connectivity index (χ2n) is 7.70. The molecule has 0 spiro atoms. The Bertz CT molecular complexity index is 999. The number of nitrogens with one attached hydrogen (secondary N) is 1. The van der Waals surface area contributed by atoms with Crippen LogP contribution in [0.15, 0.2) is 72.8 Å². The molecule has 6 heteroatoms. The lowest BCUT2D eigenvalue weighted by atomic mass is 9.89. The van der Waals surface area contributed by atoms with Gasteiger partial charge in [-0.2, -0.15) is 0 Å². The van der Waals surface area contributed by atoms with Crippen LogP contribution in [0.3, 0.4) is 0 Å². The summed E-state index contributed by atoms with van der Waals surface area (Å²) in [5, 5.41) is 14.3. The molecule has 3 atom stereocenters. The van der Waals surface area contributed by atoms with Crippen molar-refractivity contribution in [1.29, 1.82) is 0 Å². The quantitative estimate of drug-likeness (QED) is 0.546. The van der Waals surface area contributed by atoms with Crippen LogP contribution in [0, 0.1) is 11.6 Å². The molecule has 0 bridgehead atoms. The van der Waals surface area contributed by atoms with E-state index < -0.39 is 23.8 Å². The molecule has 1 aliphatic rings. The van der Waals surface area contributed by atoms with Gasteiger partial charge < -0.3 is 19.9 Å². The highest BCUT2D eigenvalue weighted by molar-refractivity contribution is 5.43. The first kappa shape index (κ1) is 21.3. The first-order chi connectivity index (χ1) is 15.1. The predicted molar refractivity (Wildman–Crippen MR) is 114 cm³/mol. The van der Waals surface area contributed by atoms with E-state index in [9.17, 15) is 13.9 Å². The van der Waals surface area contributed by atoms with Crippen LogP contribution in [-0.4, -0.2) is 23.4 Å². The van der Waals surface area contributed by atoms with Crippen molar-refractivity contribution < 1.29 is 23.4 Å². The number of rotatable bonds is 7. The van der Waals surface area contributed by atoms with E-state index in [2.05, 4.69) is 5.32 Å². The SMILES string of the molecule is O[C@@H]1[C@H](NCc2ccccc2)CCC[C@H]1Oc1ccc(F)cc1Oc1cccc(F)c1. The number of halogens is 2. The molecule has 4 rings (SSSR count). The van der Waals surface area contributed by atoms with Gasteiger partial charge in [0.25, 0.3) is 0 Å². The van der Waals surface area contributed by atoms with Gasteiger partial charge >= 0.3 is 0 Å². The van der Waals surface area contributed by atoms with Crippen molar-refractivity contribution in [1.82, 2.24) is 5.32 Å². The highest BCUT2D eigenvalue weighted by Gasteiger charge is 2.33. The summed E-state index contributed by atoms with van der Waals surface area (Å²) in [5.74, 6) is -0.269. The van der Waals surface area contributed by atoms with Crippen molar-refractivity contribution in [3.8, 4) is 17.2 Å². The van der Waals surface area contributed by atoms with Gasteiger partial charge in [-0.3, -0.25) is 0 Å². The first-order valence-electron chi connectivity index (χ1n) is 10.4. The monoisotopic (exact) mass is 425 g/mol. The molecule has 31 heavy (non-hydrogen) atoms. The topological polar surface area (TPSA) is 50.7 Å². The Morgan fingerprint density at radius 2 is 1.68 bits per heavy atom. The molecule has 1 aliphatic carbocycles. The third-order valence-corrected chi connectivity index (χ3v) is 5.42. The number of aliphatic hydroxyl groups is 1. The molecule has 0 unspecified atom stereocenters. The molecule has 0 radical (unpaired) electrons. The van der Waals surface area contributed by atoms with Gasteiger partial charge in [0.1, 0.15) is 29.6 Å². The van der Waals surface area contributed by atoms with Crippen molar-refractivity contribution in [3.63, 3.8) is 0 Å². The summed E-state index contributed by atoms with van der Waals surface area (Å²) in [5.41, 5.74) is 1.14. The van der Waals surface area contributed by atoms with Gasteiger partial charge in [-0.1, -0.05) is 36.4 Å². The van der Waals surface area contributed by atoms with Crippen molar-refractivity contribution in [2.75, 3.05) is 0 Å². The molecule has 1 saturated carbocycles. The molecule has 2 N–H and O–H groups in total. The molecule has 0 aliphatic heterocycles. The summed E-state index contributed by atoms with van der Waals surface area (Å²) in [6, 6.07) is 19.4. The largest absolute Gasteiger partial charge is 0.484 e. The predicted octanol–water partition coefficient (Wildman–Crippen LogP) is 5.21. The molecule has 0 heterocycles. The third-order valence-electron chi connectivity index (χ3n) is 5.42. The van der Waals surface area contributed by atoms with Crippen molar-refractivity contribution in [2.45, 2.75) is 44.1 Å². The number of benzene rings is 3. The van der Waals surface area contributed by atoms with E-state index in [-0.39, 0.29) is 17.5 Å². The average Bonchev–Trinajstić information content (AvgIpc) is 2.77. The van der Waals surface area contributed by atoms with E-state index >= 15 is 0 Å². The van der Waals surface area contributed by atoms with Gasteiger partial charge in [-0.15, -0.1) is 0 Å². The Hall–Kier alpha value is -2.96. The molecular formula is C25H25F2NO3. The van der Waals surface area contributed by atoms with Crippen LogP contribution in [0.25, 0.3) is 0 Å². The van der Waals surface area contributed by atoms with Gasteiger partial charge in [-0.05, 0) is 49.1 Å². The first-order valence-corrected chi connectivity index (χ1v) is 10.4. The van der Waals surface area contributed by atoms with E-state index in [0.29, 0.717) is 18.7 Å². The Morgan fingerprint density at radius 3 is 2.48 bits per heavy atom. The minimum absolute atomic E-state index is 0.119. The van der Waals surface area contributed by atoms with E-state index in [1.807, 2.05) is 30.3 Å². The van der Waals surface area contributed by atoms with Gasteiger partial charge in [0.15, 0.2) is 11.5 Å². The summed E-state index contributed by atoms with van der Waals surface area (Å²) in [6.45, 7) is 0.653. The molecule has 1 fully saturated rings. The molecule has 0 amide bonds. The van der Waals surface area contributed by atoms with Gasteiger partial charge in [0.05, 0.1) is 0 Å². The Morgan fingerprint density at radius 1 is 0.871 bits per heavy atom. The zero-order valence-electron chi connectivity index (χ0n) is 17.0. The molecule has 4 nitrogen and oxygen atoms in total. The fourth-order valence-corrected chi connectivity index (χ4v) is 3.82. The molecule has 0 aromatic heterocycles. The smallest absolute Gasteiger partial charge is 0.172 e. The van der Waals surface area contributed by atoms with Crippen LogP contribution in [0.4, 0.5) is 8.78 Å². The zero-order valence-corrected chi connectivity index (χ0v) is 17.0. The Balaban J connectivity index is 1.45. The summed E-state index contributed by atoms with van der Waals surface area (Å²) in [4.78, 5) is 0. The van der Waals surface area contributed by atoms with Gasteiger partial charge in [0, 0.05) is 24.7 Å². The molecule has 0 saturated heterocycles. The summed E-state index contributed by atoms with van der Waals surface area (Å²) < 4.78 is 39.1. The van der Waals surface area contributed by atoms with Crippen LogP contribution in [-0.2, 0) is 6.54 Å². The maximum Gasteiger partial charge on any atom is 0.172 e. The van der Waals surface area contributed by atoms with Crippen LogP contribution < -0.4 is 14.8 Å². The van der Waals surface area contributed by atoms with Crippen molar-refractivity contribution >= 4 is 0 Å². The lowest BCUT2D eigenvalue weighted by Crippen LogP contribution is -2.50. The van der Waals surface area contributed by atoms with Crippen LogP contribution in [0.5, 0.6) is 17.2 Å². The maximum atomic E-state index is 13.8. The molecule has 3 aromatic rings. The fourth-order valence-electron chi connectivity index (χ4n) is 3.82. The summed E-state index contributed by atoms with van der Waals surface area (Å²) in [6.07, 6.45) is 1.19. The average molecular weight is 425 g/mol. The Kier molecular flexibility index (Phi) is 6.79. The Labute approximate surface area is 180 Å². The maximum absolute atomic E-state index is 13.8. The number of ether oxygens (including phenoxy) is 2. The summed E-state index contributed by atoms with van der Waals surface area (Å²) >= 11 is 0. The number of hydrogen-bond donors (Lipinski definition) is 2. The minimum Gasteiger partial charge on any atom is -0.484 e.